The summed E-state index contributed by atoms with van der Waals surface area (Å²) in [5.41, 5.74) is 0. The second-order valence-electron chi connectivity index (χ2n) is 4.71. The highest BCUT2D eigenvalue weighted by atomic mass is 16.6. The lowest BCUT2D eigenvalue weighted by Crippen LogP contribution is -2.53. The number of carbonyl (C=O) groups excluding carboxylic acids is 2. The van der Waals surface area contributed by atoms with Crippen LogP contribution in [0.2, 0.25) is 0 Å². The average molecular weight is 241 g/mol. The van der Waals surface area contributed by atoms with E-state index in [1.165, 1.54) is 0 Å². The fourth-order valence-electron chi connectivity index (χ4n) is 2.07. The van der Waals surface area contributed by atoms with Crippen LogP contribution in [0.5, 0.6) is 0 Å². The van der Waals surface area contributed by atoms with Crippen molar-refractivity contribution in [3.63, 3.8) is 0 Å². The first-order valence-corrected chi connectivity index (χ1v) is 5.90. The lowest BCUT2D eigenvalue weighted by Gasteiger charge is -2.37. The summed E-state index contributed by atoms with van der Waals surface area (Å²) < 4.78 is 5.13. The number of likely N-dealkylation sites (N-methyl/N-ethyl adjacent to an activating group) is 2. The van der Waals surface area contributed by atoms with Crippen molar-refractivity contribution in [2.45, 2.75) is 25.2 Å². The van der Waals surface area contributed by atoms with Gasteiger partial charge in [-0.15, -0.1) is 0 Å². The molecule has 6 heteroatoms. The fourth-order valence-corrected chi connectivity index (χ4v) is 2.07. The van der Waals surface area contributed by atoms with Gasteiger partial charge in [-0.2, -0.15) is 0 Å². The Labute approximate surface area is 101 Å². The van der Waals surface area contributed by atoms with E-state index in [0.717, 1.165) is 6.54 Å². The third-order valence-electron chi connectivity index (χ3n) is 3.51. The van der Waals surface area contributed by atoms with Gasteiger partial charge in [0, 0.05) is 32.7 Å². The van der Waals surface area contributed by atoms with Gasteiger partial charge < -0.3 is 19.9 Å². The maximum absolute atomic E-state index is 12.0. The molecule has 0 saturated carbocycles. The number of hydrogen-bond donors (Lipinski definition) is 1. The van der Waals surface area contributed by atoms with Crippen molar-refractivity contribution in [3.8, 4) is 0 Å². The molecule has 0 bridgehead atoms. The van der Waals surface area contributed by atoms with E-state index in [-0.39, 0.29) is 11.8 Å². The zero-order valence-corrected chi connectivity index (χ0v) is 10.5. The number of piperazine rings is 1. The standard InChI is InChI=1S/C11H19N3O3/c1-7-6-14(5-4-13(7)3)11(16)9-8(17-9)10(15)12-2/h7-9H,4-6H2,1-3H3,(H,12,15). The van der Waals surface area contributed by atoms with Crippen LogP contribution < -0.4 is 5.32 Å². The Morgan fingerprint density at radius 2 is 2.00 bits per heavy atom. The molecule has 96 valence electrons. The summed E-state index contributed by atoms with van der Waals surface area (Å²) in [5.74, 6) is -0.274. The summed E-state index contributed by atoms with van der Waals surface area (Å²) in [4.78, 5) is 27.3. The number of rotatable bonds is 2. The topological polar surface area (TPSA) is 65.2 Å². The highest BCUT2D eigenvalue weighted by Crippen LogP contribution is 2.25. The Hall–Kier alpha value is -1.14. The van der Waals surface area contributed by atoms with Crippen molar-refractivity contribution in [1.29, 1.82) is 0 Å². The zero-order chi connectivity index (χ0) is 12.6. The number of hydrogen-bond acceptors (Lipinski definition) is 4. The van der Waals surface area contributed by atoms with Crippen LogP contribution in [-0.4, -0.2) is 73.6 Å². The lowest BCUT2D eigenvalue weighted by molar-refractivity contribution is -0.135. The molecule has 2 fully saturated rings. The predicted octanol–water partition coefficient (Wildman–Crippen LogP) is -1.34. The number of carbonyl (C=O) groups is 2. The minimum absolute atomic E-state index is 0.0569. The van der Waals surface area contributed by atoms with Gasteiger partial charge in [0.2, 0.25) is 0 Å². The van der Waals surface area contributed by atoms with Crippen LogP contribution in [0.1, 0.15) is 6.92 Å². The third-order valence-corrected chi connectivity index (χ3v) is 3.51. The van der Waals surface area contributed by atoms with Crippen molar-refractivity contribution in [1.82, 2.24) is 15.1 Å². The summed E-state index contributed by atoms with van der Waals surface area (Å²) in [6, 6.07) is 0.352. The van der Waals surface area contributed by atoms with Gasteiger partial charge in [0.05, 0.1) is 0 Å². The first-order valence-electron chi connectivity index (χ1n) is 5.90. The van der Waals surface area contributed by atoms with Crippen molar-refractivity contribution < 1.29 is 14.3 Å². The molecule has 2 aliphatic heterocycles. The number of ether oxygens (including phenoxy) is 1. The number of nitrogens with one attached hydrogen (secondary N) is 1. The minimum atomic E-state index is -0.581. The summed E-state index contributed by atoms with van der Waals surface area (Å²) >= 11 is 0. The summed E-state index contributed by atoms with van der Waals surface area (Å²) in [7, 11) is 3.59. The van der Waals surface area contributed by atoms with E-state index in [1.807, 2.05) is 7.05 Å². The first-order chi connectivity index (χ1) is 8.04. The smallest absolute Gasteiger partial charge is 0.255 e. The Morgan fingerprint density at radius 1 is 1.29 bits per heavy atom. The van der Waals surface area contributed by atoms with Crippen LogP contribution in [0.3, 0.4) is 0 Å². The van der Waals surface area contributed by atoms with Crippen molar-refractivity contribution in [2.24, 2.45) is 0 Å². The molecule has 0 spiro atoms. The van der Waals surface area contributed by atoms with Gasteiger partial charge in [-0.1, -0.05) is 0 Å². The largest absolute Gasteiger partial charge is 0.357 e. The Morgan fingerprint density at radius 3 is 2.59 bits per heavy atom. The van der Waals surface area contributed by atoms with Crippen molar-refractivity contribution in [3.05, 3.63) is 0 Å². The number of nitrogens with zero attached hydrogens (tertiary/aromatic N) is 2. The quantitative estimate of drug-likeness (QED) is 0.608. The molecule has 0 aliphatic carbocycles. The Balaban J connectivity index is 1.88. The molecule has 3 unspecified atom stereocenters. The molecular weight excluding hydrogens is 222 g/mol. The molecule has 0 aromatic rings. The average Bonchev–Trinajstić information content (AvgIpc) is 3.11. The molecule has 2 rings (SSSR count). The van der Waals surface area contributed by atoms with E-state index in [9.17, 15) is 9.59 Å². The molecule has 2 heterocycles. The van der Waals surface area contributed by atoms with E-state index in [1.54, 1.807) is 11.9 Å². The zero-order valence-electron chi connectivity index (χ0n) is 10.5. The fraction of sp³-hybridized carbons (Fsp3) is 0.818. The lowest BCUT2D eigenvalue weighted by atomic mass is 10.2. The number of epoxide rings is 1. The highest BCUT2D eigenvalue weighted by molar-refractivity contribution is 5.94. The maximum atomic E-state index is 12.0. The Bertz CT molecular complexity index is 334. The van der Waals surface area contributed by atoms with Gasteiger partial charge in [-0.25, -0.2) is 0 Å². The predicted molar refractivity (Wildman–Crippen MR) is 61.4 cm³/mol. The molecule has 3 atom stereocenters. The van der Waals surface area contributed by atoms with Crippen LogP contribution in [0, 0.1) is 0 Å². The van der Waals surface area contributed by atoms with Gasteiger partial charge in [0.1, 0.15) is 0 Å². The van der Waals surface area contributed by atoms with Crippen molar-refractivity contribution in [2.75, 3.05) is 33.7 Å². The molecule has 17 heavy (non-hydrogen) atoms. The van der Waals surface area contributed by atoms with Gasteiger partial charge in [-0.3, -0.25) is 9.59 Å². The molecule has 2 saturated heterocycles. The van der Waals surface area contributed by atoms with Gasteiger partial charge >= 0.3 is 0 Å². The maximum Gasteiger partial charge on any atom is 0.255 e. The number of amides is 2. The van der Waals surface area contributed by atoms with Crippen molar-refractivity contribution >= 4 is 11.8 Å². The third kappa shape index (κ3) is 2.42. The Kier molecular flexibility index (Phi) is 3.35. The molecule has 0 aromatic carbocycles. The molecule has 2 aliphatic rings. The van der Waals surface area contributed by atoms with Gasteiger partial charge in [0.25, 0.3) is 11.8 Å². The molecular formula is C11H19N3O3. The summed E-state index contributed by atoms with van der Waals surface area (Å²) in [6.07, 6.45) is -1.15. The van der Waals surface area contributed by atoms with E-state index in [4.69, 9.17) is 4.74 Å². The van der Waals surface area contributed by atoms with E-state index in [0.29, 0.717) is 19.1 Å². The van der Waals surface area contributed by atoms with Crippen LogP contribution in [-0.2, 0) is 14.3 Å². The molecule has 0 aromatic heterocycles. The molecule has 2 amide bonds. The monoisotopic (exact) mass is 241 g/mol. The van der Waals surface area contributed by atoms with Crippen LogP contribution in [0.25, 0.3) is 0 Å². The van der Waals surface area contributed by atoms with Crippen LogP contribution in [0.15, 0.2) is 0 Å². The second-order valence-corrected chi connectivity index (χ2v) is 4.71. The first kappa shape index (κ1) is 12.3. The van der Waals surface area contributed by atoms with Gasteiger partial charge in [-0.05, 0) is 14.0 Å². The van der Waals surface area contributed by atoms with Crippen LogP contribution in [0.4, 0.5) is 0 Å². The van der Waals surface area contributed by atoms with Gasteiger partial charge in [0.15, 0.2) is 12.2 Å². The minimum Gasteiger partial charge on any atom is -0.357 e. The van der Waals surface area contributed by atoms with Crippen LogP contribution >= 0.6 is 0 Å². The SMILES string of the molecule is CNC(=O)C1OC1C(=O)N1CCN(C)C(C)C1. The van der Waals surface area contributed by atoms with E-state index < -0.39 is 12.2 Å². The second kappa shape index (κ2) is 4.62. The van der Waals surface area contributed by atoms with E-state index in [2.05, 4.69) is 17.1 Å². The molecule has 0 radical (unpaired) electrons. The normalized spacial score (nSPS) is 33.4. The molecule has 1 N–H and O–H groups in total. The van der Waals surface area contributed by atoms with E-state index >= 15 is 0 Å². The highest BCUT2D eigenvalue weighted by Gasteiger charge is 2.51. The summed E-state index contributed by atoms with van der Waals surface area (Å²) in [5, 5.41) is 2.49. The summed E-state index contributed by atoms with van der Waals surface area (Å²) in [6.45, 7) is 4.36. The molecule has 6 nitrogen and oxygen atoms in total.